The first-order valence-electron chi connectivity index (χ1n) is 11.4. The third-order valence-corrected chi connectivity index (χ3v) is 5.89. The molecule has 3 heterocycles. The molecule has 3 aromatic heterocycles. The number of benzene rings is 1. The smallest absolute Gasteiger partial charge is 0.407 e. The van der Waals surface area contributed by atoms with Crippen molar-refractivity contribution in [2.75, 3.05) is 27.4 Å². The van der Waals surface area contributed by atoms with Crippen LogP contribution in [0.3, 0.4) is 0 Å². The van der Waals surface area contributed by atoms with Crippen molar-refractivity contribution in [2.45, 2.75) is 45.6 Å². The number of hydrogen-bond donors (Lipinski definition) is 1. The van der Waals surface area contributed by atoms with Crippen LogP contribution in [0.4, 0.5) is 4.79 Å². The van der Waals surface area contributed by atoms with Crippen LogP contribution in [0.15, 0.2) is 28.8 Å². The molecule has 0 saturated heterocycles. The van der Waals surface area contributed by atoms with Crippen molar-refractivity contribution in [3.8, 4) is 28.1 Å². The molecule has 1 aromatic carbocycles. The second-order valence-electron chi connectivity index (χ2n) is 8.91. The van der Waals surface area contributed by atoms with Crippen molar-refractivity contribution in [1.29, 1.82) is 0 Å². The summed E-state index contributed by atoms with van der Waals surface area (Å²) in [5.74, 6) is 1.94. The number of amides is 1. The van der Waals surface area contributed by atoms with E-state index in [2.05, 4.69) is 15.4 Å². The van der Waals surface area contributed by atoms with Gasteiger partial charge in [-0.25, -0.2) is 14.3 Å². The number of imidazole rings is 1. The van der Waals surface area contributed by atoms with Crippen molar-refractivity contribution < 1.29 is 28.2 Å². The maximum Gasteiger partial charge on any atom is 0.407 e. The molecule has 0 unspecified atom stereocenters. The molecule has 0 aliphatic carbocycles. The number of carbonyl (C=O) groups is 1. The minimum atomic E-state index is -0.495. The Balaban J connectivity index is 1.36. The Morgan fingerprint density at radius 2 is 1.97 bits per heavy atom. The quantitative estimate of drug-likeness (QED) is 0.291. The van der Waals surface area contributed by atoms with Gasteiger partial charge in [-0.05, 0) is 57.4 Å². The van der Waals surface area contributed by atoms with Gasteiger partial charge in [0.05, 0.1) is 32.4 Å². The lowest BCUT2D eigenvalue weighted by Gasteiger charge is -2.19. The highest BCUT2D eigenvalue weighted by molar-refractivity contribution is 7.18. The molecule has 1 N–H and O–H groups in total. The number of nitrogens with one attached hydrogen (secondary N) is 1. The SMILES string of the molecule is COc1cc(OCCCCCNC(=O)OC(C)(C)C)c2cc(-c3cn4nc(OC)sc4n3)oc2c1. The Morgan fingerprint density at radius 3 is 2.69 bits per heavy atom. The Bertz CT molecular complexity index is 1270. The Morgan fingerprint density at radius 1 is 1.14 bits per heavy atom. The van der Waals surface area contributed by atoms with Crippen LogP contribution >= 0.6 is 11.3 Å². The zero-order chi connectivity index (χ0) is 25.0. The molecule has 0 saturated carbocycles. The van der Waals surface area contributed by atoms with Crippen LogP contribution in [0.5, 0.6) is 16.7 Å². The van der Waals surface area contributed by atoms with Crippen molar-refractivity contribution in [3.63, 3.8) is 0 Å². The van der Waals surface area contributed by atoms with Gasteiger partial charge in [0.2, 0.25) is 4.96 Å². The number of unbranched alkanes of at least 4 members (excludes halogenated alkanes) is 2. The predicted octanol–water partition coefficient (Wildman–Crippen LogP) is 5.30. The van der Waals surface area contributed by atoms with Gasteiger partial charge in [0.15, 0.2) is 5.76 Å². The lowest BCUT2D eigenvalue weighted by Crippen LogP contribution is -2.33. The number of hydrogen-bond acceptors (Lipinski definition) is 9. The molecular formula is C24H30N4O6S. The van der Waals surface area contributed by atoms with Crippen LogP contribution in [0.25, 0.3) is 27.4 Å². The van der Waals surface area contributed by atoms with E-state index in [0.29, 0.717) is 51.8 Å². The summed E-state index contributed by atoms with van der Waals surface area (Å²) in [7, 11) is 3.18. The molecule has 0 radical (unpaired) electrons. The lowest BCUT2D eigenvalue weighted by atomic mass is 10.2. The van der Waals surface area contributed by atoms with E-state index in [0.717, 1.165) is 24.6 Å². The molecule has 10 nitrogen and oxygen atoms in total. The molecule has 0 bridgehead atoms. The number of furan rings is 1. The predicted molar refractivity (Wildman–Crippen MR) is 133 cm³/mol. The molecule has 0 atom stereocenters. The number of methoxy groups -OCH3 is 2. The second kappa shape index (κ2) is 10.4. The minimum absolute atomic E-state index is 0.393. The third kappa shape index (κ3) is 6.16. The van der Waals surface area contributed by atoms with Crippen molar-refractivity contribution in [3.05, 3.63) is 24.4 Å². The summed E-state index contributed by atoms with van der Waals surface area (Å²) in [6.45, 7) is 6.62. The molecule has 0 fully saturated rings. The maximum absolute atomic E-state index is 11.7. The summed E-state index contributed by atoms with van der Waals surface area (Å²) in [6, 6.07) is 5.59. The van der Waals surface area contributed by atoms with Gasteiger partial charge in [0.1, 0.15) is 28.4 Å². The zero-order valence-electron chi connectivity index (χ0n) is 20.5. The summed E-state index contributed by atoms with van der Waals surface area (Å²) in [5.41, 5.74) is 0.827. The van der Waals surface area contributed by atoms with Crippen LogP contribution < -0.4 is 19.5 Å². The summed E-state index contributed by atoms with van der Waals surface area (Å²) < 4.78 is 29.6. The monoisotopic (exact) mass is 502 g/mol. The molecule has 0 aliphatic rings. The molecule has 1 amide bonds. The maximum atomic E-state index is 11.7. The van der Waals surface area contributed by atoms with Gasteiger partial charge in [-0.3, -0.25) is 0 Å². The number of ether oxygens (including phenoxy) is 4. The Labute approximate surface area is 207 Å². The van der Waals surface area contributed by atoms with Gasteiger partial charge in [-0.2, -0.15) is 0 Å². The lowest BCUT2D eigenvalue weighted by molar-refractivity contribution is 0.0527. The standard InChI is InChI=1S/C24H30N4O6S/c1-24(2,3)34-22(29)25-9-7-6-8-10-32-18-11-15(30-4)12-19-16(18)13-20(33-19)17-14-28-21(26-17)35-23(27-28)31-5/h11-14H,6-10H2,1-5H3,(H,25,29). The highest BCUT2D eigenvalue weighted by Gasteiger charge is 2.17. The number of fused-ring (bicyclic) bond motifs is 2. The number of nitrogens with zero attached hydrogens (tertiary/aromatic N) is 3. The van der Waals surface area contributed by atoms with E-state index < -0.39 is 11.7 Å². The van der Waals surface area contributed by atoms with Crippen LogP contribution in [-0.4, -0.2) is 53.7 Å². The fraction of sp³-hybridized carbons (Fsp3) is 0.458. The average molecular weight is 503 g/mol. The first kappa shape index (κ1) is 24.6. The van der Waals surface area contributed by atoms with E-state index in [1.54, 1.807) is 24.9 Å². The number of aromatic nitrogens is 3. The van der Waals surface area contributed by atoms with Gasteiger partial charge in [-0.15, -0.1) is 5.10 Å². The van der Waals surface area contributed by atoms with Crippen molar-refractivity contribution in [1.82, 2.24) is 19.9 Å². The van der Waals surface area contributed by atoms with E-state index in [1.807, 2.05) is 39.0 Å². The van der Waals surface area contributed by atoms with Gasteiger partial charge >= 0.3 is 6.09 Å². The van der Waals surface area contributed by atoms with Crippen LogP contribution in [0, 0.1) is 0 Å². The van der Waals surface area contributed by atoms with E-state index in [-0.39, 0.29) is 0 Å². The summed E-state index contributed by atoms with van der Waals surface area (Å²) >= 11 is 1.35. The Kier molecular flexibility index (Phi) is 7.34. The number of alkyl carbamates (subject to hydrolysis) is 1. The highest BCUT2D eigenvalue weighted by Crippen LogP contribution is 2.37. The van der Waals surface area contributed by atoms with Crippen LogP contribution in [0.2, 0.25) is 0 Å². The van der Waals surface area contributed by atoms with E-state index >= 15 is 0 Å². The second-order valence-corrected chi connectivity index (χ2v) is 9.83. The van der Waals surface area contributed by atoms with Gasteiger partial charge < -0.3 is 28.7 Å². The van der Waals surface area contributed by atoms with E-state index in [9.17, 15) is 4.79 Å². The van der Waals surface area contributed by atoms with Crippen LogP contribution in [-0.2, 0) is 4.74 Å². The summed E-state index contributed by atoms with van der Waals surface area (Å²) in [5, 5.41) is 8.46. The zero-order valence-corrected chi connectivity index (χ0v) is 21.4. The molecule has 0 spiro atoms. The summed E-state index contributed by atoms with van der Waals surface area (Å²) in [6.07, 6.45) is 3.99. The molecule has 35 heavy (non-hydrogen) atoms. The van der Waals surface area contributed by atoms with E-state index in [4.69, 9.17) is 23.4 Å². The van der Waals surface area contributed by atoms with Gasteiger partial charge in [0, 0.05) is 18.7 Å². The van der Waals surface area contributed by atoms with E-state index in [1.165, 1.54) is 11.3 Å². The fourth-order valence-corrected chi connectivity index (χ4v) is 4.12. The van der Waals surface area contributed by atoms with Crippen LogP contribution in [0.1, 0.15) is 40.0 Å². The normalized spacial score (nSPS) is 11.7. The highest BCUT2D eigenvalue weighted by atomic mass is 32.1. The van der Waals surface area contributed by atoms with Gasteiger partial charge in [0.25, 0.3) is 5.19 Å². The fourth-order valence-electron chi connectivity index (χ4n) is 3.42. The Hall–Kier alpha value is -3.47. The topological polar surface area (TPSA) is 109 Å². The largest absolute Gasteiger partial charge is 0.496 e. The van der Waals surface area contributed by atoms with Crippen molar-refractivity contribution in [2.24, 2.45) is 0 Å². The molecule has 188 valence electrons. The molecule has 11 heteroatoms. The first-order chi connectivity index (χ1) is 16.8. The minimum Gasteiger partial charge on any atom is -0.496 e. The molecule has 0 aliphatic heterocycles. The molecule has 4 aromatic rings. The van der Waals surface area contributed by atoms with Gasteiger partial charge in [-0.1, -0.05) is 0 Å². The third-order valence-electron chi connectivity index (χ3n) is 5.01. The molecule has 4 rings (SSSR count). The molecular weight excluding hydrogens is 472 g/mol. The average Bonchev–Trinajstić information content (AvgIpc) is 3.49. The summed E-state index contributed by atoms with van der Waals surface area (Å²) in [4.78, 5) is 17.0. The number of carbonyl (C=O) groups excluding carboxylic acids is 1. The first-order valence-corrected chi connectivity index (χ1v) is 12.2. The van der Waals surface area contributed by atoms with Crippen molar-refractivity contribution >= 4 is 33.4 Å². The number of rotatable bonds is 10.